The molecule has 0 spiro atoms. The van der Waals surface area contributed by atoms with Gasteiger partial charge < -0.3 is 10.2 Å². The number of carbonyl (C=O) groups excluding carboxylic acids is 1. The minimum absolute atomic E-state index is 0.0833. The van der Waals surface area contributed by atoms with Gasteiger partial charge in [-0.25, -0.2) is 0 Å². The van der Waals surface area contributed by atoms with Crippen molar-refractivity contribution in [1.82, 2.24) is 20.0 Å². The standard InChI is InChI=1S/C15H26N4O/c1-5-16-12-6-8-13(9-7-12)18(3)15(20)14-10-11(2)17-19(14)4/h10,12-13,16H,5-9H2,1-4H3. The largest absolute Gasteiger partial charge is 0.337 e. The Bertz CT molecular complexity index is 460. The number of amides is 1. The number of aryl methyl sites for hydroxylation is 2. The van der Waals surface area contributed by atoms with Gasteiger partial charge in [0.1, 0.15) is 5.69 Å². The van der Waals surface area contributed by atoms with E-state index in [-0.39, 0.29) is 5.91 Å². The van der Waals surface area contributed by atoms with E-state index in [1.807, 2.05) is 32.0 Å². The third-order valence-corrected chi connectivity index (χ3v) is 4.28. The van der Waals surface area contributed by atoms with Crippen LogP contribution in [0.2, 0.25) is 0 Å². The summed E-state index contributed by atoms with van der Waals surface area (Å²) in [6.45, 7) is 5.09. The molecule has 1 saturated carbocycles. The van der Waals surface area contributed by atoms with Gasteiger partial charge in [-0.3, -0.25) is 9.48 Å². The molecule has 1 fully saturated rings. The summed E-state index contributed by atoms with van der Waals surface area (Å²) in [6.07, 6.45) is 4.47. The summed E-state index contributed by atoms with van der Waals surface area (Å²) in [5.41, 5.74) is 1.57. The highest BCUT2D eigenvalue weighted by molar-refractivity contribution is 5.92. The summed E-state index contributed by atoms with van der Waals surface area (Å²) < 4.78 is 1.68. The van der Waals surface area contributed by atoms with Gasteiger partial charge in [0, 0.05) is 26.2 Å². The molecular weight excluding hydrogens is 252 g/mol. The highest BCUT2D eigenvalue weighted by Gasteiger charge is 2.27. The Morgan fingerprint density at radius 3 is 2.60 bits per heavy atom. The maximum Gasteiger partial charge on any atom is 0.272 e. The Morgan fingerprint density at radius 1 is 1.45 bits per heavy atom. The lowest BCUT2D eigenvalue weighted by Crippen LogP contribution is -2.43. The van der Waals surface area contributed by atoms with E-state index in [1.165, 1.54) is 0 Å². The summed E-state index contributed by atoms with van der Waals surface area (Å²) in [5.74, 6) is 0.0833. The van der Waals surface area contributed by atoms with Crippen LogP contribution in [0.3, 0.4) is 0 Å². The molecule has 0 aromatic carbocycles. The van der Waals surface area contributed by atoms with E-state index in [0.29, 0.717) is 17.8 Å². The first kappa shape index (κ1) is 15.0. The van der Waals surface area contributed by atoms with Crippen LogP contribution in [0.5, 0.6) is 0 Å². The van der Waals surface area contributed by atoms with Crippen LogP contribution in [0.1, 0.15) is 48.8 Å². The van der Waals surface area contributed by atoms with Crippen LogP contribution in [-0.2, 0) is 7.05 Å². The number of nitrogens with one attached hydrogen (secondary N) is 1. The minimum Gasteiger partial charge on any atom is -0.337 e. The predicted octanol–water partition coefficient (Wildman–Crippen LogP) is 1.72. The minimum atomic E-state index is 0.0833. The van der Waals surface area contributed by atoms with Gasteiger partial charge in [0.25, 0.3) is 5.91 Å². The molecule has 1 heterocycles. The monoisotopic (exact) mass is 278 g/mol. The first-order valence-corrected chi connectivity index (χ1v) is 7.54. The highest BCUT2D eigenvalue weighted by Crippen LogP contribution is 2.23. The van der Waals surface area contributed by atoms with Crippen molar-refractivity contribution in [2.24, 2.45) is 7.05 Å². The topological polar surface area (TPSA) is 50.2 Å². The molecule has 0 saturated heterocycles. The molecule has 0 aliphatic heterocycles. The highest BCUT2D eigenvalue weighted by atomic mass is 16.2. The van der Waals surface area contributed by atoms with Gasteiger partial charge in [0.15, 0.2) is 0 Å². The summed E-state index contributed by atoms with van der Waals surface area (Å²) in [4.78, 5) is 14.4. The van der Waals surface area contributed by atoms with E-state index < -0.39 is 0 Å². The van der Waals surface area contributed by atoms with Crippen molar-refractivity contribution < 1.29 is 4.79 Å². The lowest BCUT2D eigenvalue weighted by Gasteiger charge is -2.34. The SMILES string of the molecule is CCNC1CCC(N(C)C(=O)c2cc(C)nn2C)CC1. The lowest BCUT2D eigenvalue weighted by atomic mass is 9.90. The number of aromatic nitrogens is 2. The van der Waals surface area contributed by atoms with Crippen LogP contribution < -0.4 is 5.32 Å². The van der Waals surface area contributed by atoms with Crippen molar-refractivity contribution in [2.45, 2.75) is 51.6 Å². The molecule has 112 valence electrons. The molecule has 5 nitrogen and oxygen atoms in total. The molecule has 1 aliphatic rings. The van der Waals surface area contributed by atoms with E-state index in [2.05, 4.69) is 17.3 Å². The quantitative estimate of drug-likeness (QED) is 0.912. The van der Waals surface area contributed by atoms with Gasteiger partial charge in [-0.15, -0.1) is 0 Å². The van der Waals surface area contributed by atoms with Gasteiger partial charge in [0.05, 0.1) is 5.69 Å². The fraction of sp³-hybridized carbons (Fsp3) is 0.733. The van der Waals surface area contributed by atoms with Gasteiger partial charge in [-0.1, -0.05) is 6.92 Å². The van der Waals surface area contributed by atoms with E-state index in [0.717, 1.165) is 37.9 Å². The molecular formula is C15H26N4O. The van der Waals surface area contributed by atoms with Gasteiger partial charge in [-0.05, 0) is 45.2 Å². The molecule has 0 atom stereocenters. The van der Waals surface area contributed by atoms with Crippen LogP contribution in [0.15, 0.2) is 6.07 Å². The molecule has 1 N–H and O–H groups in total. The van der Waals surface area contributed by atoms with Crippen LogP contribution >= 0.6 is 0 Å². The smallest absolute Gasteiger partial charge is 0.272 e. The van der Waals surface area contributed by atoms with Crippen LogP contribution in [0, 0.1) is 6.92 Å². The van der Waals surface area contributed by atoms with Crippen molar-refractivity contribution in [3.05, 3.63) is 17.5 Å². The predicted molar refractivity (Wildman–Crippen MR) is 79.8 cm³/mol. The van der Waals surface area contributed by atoms with Crippen molar-refractivity contribution in [3.63, 3.8) is 0 Å². The van der Waals surface area contributed by atoms with Gasteiger partial charge in [-0.2, -0.15) is 5.10 Å². The zero-order valence-corrected chi connectivity index (χ0v) is 13.0. The molecule has 1 aromatic rings. The van der Waals surface area contributed by atoms with Crippen LogP contribution in [0.25, 0.3) is 0 Å². The van der Waals surface area contributed by atoms with Crippen LogP contribution in [-0.4, -0.2) is 46.3 Å². The third kappa shape index (κ3) is 3.20. The van der Waals surface area contributed by atoms with Crippen LogP contribution in [0.4, 0.5) is 0 Å². The number of hydrogen-bond donors (Lipinski definition) is 1. The van der Waals surface area contributed by atoms with E-state index in [4.69, 9.17) is 0 Å². The first-order chi connectivity index (χ1) is 9.52. The normalized spacial score (nSPS) is 22.8. The fourth-order valence-corrected chi connectivity index (χ4v) is 3.11. The fourth-order valence-electron chi connectivity index (χ4n) is 3.11. The van der Waals surface area contributed by atoms with Crippen molar-refractivity contribution in [2.75, 3.05) is 13.6 Å². The molecule has 0 bridgehead atoms. The average Bonchev–Trinajstić information content (AvgIpc) is 2.77. The van der Waals surface area contributed by atoms with Crippen molar-refractivity contribution in [1.29, 1.82) is 0 Å². The average molecular weight is 278 g/mol. The molecule has 0 unspecified atom stereocenters. The van der Waals surface area contributed by atoms with Gasteiger partial charge in [0.2, 0.25) is 0 Å². The Hall–Kier alpha value is -1.36. The lowest BCUT2D eigenvalue weighted by molar-refractivity contribution is 0.0673. The zero-order valence-electron chi connectivity index (χ0n) is 13.0. The molecule has 0 radical (unpaired) electrons. The van der Waals surface area contributed by atoms with E-state index in [1.54, 1.807) is 4.68 Å². The second-order valence-corrected chi connectivity index (χ2v) is 5.77. The summed E-state index contributed by atoms with van der Waals surface area (Å²) in [7, 11) is 3.75. The maximum absolute atomic E-state index is 12.5. The Balaban J connectivity index is 1.96. The number of carbonyl (C=O) groups is 1. The molecule has 1 aromatic heterocycles. The Kier molecular flexibility index (Phi) is 4.81. The molecule has 5 heteroatoms. The summed E-state index contributed by atoms with van der Waals surface area (Å²) in [5, 5.41) is 7.75. The Labute approximate surface area is 121 Å². The maximum atomic E-state index is 12.5. The molecule has 1 aliphatic carbocycles. The molecule has 20 heavy (non-hydrogen) atoms. The molecule has 2 rings (SSSR count). The number of rotatable bonds is 4. The van der Waals surface area contributed by atoms with E-state index in [9.17, 15) is 4.79 Å². The number of nitrogens with zero attached hydrogens (tertiary/aromatic N) is 3. The Morgan fingerprint density at radius 2 is 2.10 bits per heavy atom. The van der Waals surface area contributed by atoms with E-state index >= 15 is 0 Å². The van der Waals surface area contributed by atoms with Crippen molar-refractivity contribution >= 4 is 5.91 Å². The second kappa shape index (κ2) is 6.39. The number of hydrogen-bond acceptors (Lipinski definition) is 3. The second-order valence-electron chi connectivity index (χ2n) is 5.77. The third-order valence-electron chi connectivity index (χ3n) is 4.28. The first-order valence-electron chi connectivity index (χ1n) is 7.54. The van der Waals surface area contributed by atoms with Crippen molar-refractivity contribution in [3.8, 4) is 0 Å². The summed E-state index contributed by atoms with van der Waals surface area (Å²) >= 11 is 0. The van der Waals surface area contributed by atoms with Gasteiger partial charge >= 0.3 is 0 Å². The summed E-state index contributed by atoms with van der Waals surface area (Å²) in [6, 6.07) is 2.84. The zero-order chi connectivity index (χ0) is 14.7. The molecule has 1 amide bonds.